The zero-order valence-electron chi connectivity index (χ0n) is 14.5. The van der Waals surface area contributed by atoms with E-state index in [2.05, 4.69) is 29.1 Å². The van der Waals surface area contributed by atoms with Crippen LogP contribution in [0.2, 0.25) is 0 Å². The van der Waals surface area contributed by atoms with Gasteiger partial charge in [-0.2, -0.15) is 0 Å². The van der Waals surface area contributed by atoms with E-state index < -0.39 is 5.92 Å². The number of nitrogens with two attached hydrogens (primary N) is 1. The Morgan fingerprint density at radius 1 is 1.27 bits per heavy atom. The van der Waals surface area contributed by atoms with Crippen molar-refractivity contribution in [1.82, 2.24) is 9.97 Å². The molecular formula is C19H19FN4OS. The Balaban J connectivity index is 1.98. The van der Waals surface area contributed by atoms with Gasteiger partial charge in [0.15, 0.2) is 10.6 Å². The van der Waals surface area contributed by atoms with Gasteiger partial charge in [0.05, 0.1) is 0 Å². The van der Waals surface area contributed by atoms with Crippen molar-refractivity contribution < 1.29 is 9.18 Å². The highest BCUT2D eigenvalue weighted by molar-refractivity contribution is 7.71. The number of aromatic nitrogens is 2. The average Bonchev–Trinajstić information content (AvgIpc) is 2.52. The third kappa shape index (κ3) is 2.72. The minimum Gasteiger partial charge on any atom is -0.385 e. The third-order valence-electron chi connectivity index (χ3n) is 4.97. The zero-order valence-corrected chi connectivity index (χ0v) is 15.3. The largest absolute Gasteiger partial charge is 0.385 e. The molecule has 2 aromatic rings. The molecule has 1 aromatic carbocycles. The molecule has 0 saturated heterocycles. The second-order valence-corrected chi connectivity index (χ2v) is 8.05. The Hall–Kier alpha value is -2.54. The molecular weight excluding hydrogens is 351 g/mol. The quantitative estimate of drug-likeness (QED) is 0.659. The Morgan fingerprint density at radius 3 is 2.65 bits per heavy atom. The number of benzene rings is 1. The number of nitrogen functional groups attached to an aromatic ring is 1. The van der Waals surface area contributed by atoms with Gasteiger partial charge in [0.2, 0.25) is 0 Å². The summed E-state index contributed by atoms with van der Waals surface area (Å²) in [6.45, 7) is 4.13. The van der Waals surface area contributed by atoms with Gasteiger partial charge in [-0.25, -0.2) is 9.37 Å². The maximum atomic E-state index is 13.4. The van der Waals surface area contributed by atoms with Crippen LogP contribution in [0, 0.1) is 16.0 Å². The summed E-state index contributed by atoms with van der Waals surface area (Å²) in [4.78, 5) is 20.3. The Labute approximate surface area is 155 Å². The van der Waals surface area contributed by atoms with Crippen LogP contribution in [-0.4, -0.2) is 15.8 Å². The number of ketones is 1. The first-order valence-electron chi connectivity index (χ1n) is 8.43. The minimum absolute atomic E-state index is 0.0746. The first-order chi connectivity index (χ1) is 12.2. The molecule has 0 saturated carbocycles. The van der Waals surface area contributed by atoms with Crippen LogP contribution in [0.15, 0.2) is 35.5 Å². The number of nitrogens with one attached hydrogen (secondary N) is 2. The summed E-state index contributed by atoms with van der Waals surface area (Å²) in [6.07, 6.45) is 1.18. The van der Waals surface area contributed by atoms with Crippen LogP contribution in [0.4, 0.5) is 16.0 Å². The highest BCUT2D eigenvalue weighted by atomic mass is 32.1. The number of allylic oxidation sites excluding steroid dienone is 2. The molecule has 1 aromatic heterocycles. The van der Waals surface area contributed by atoms with Crippen molar-refractivity contribution in [2.75, 3.05) is 11.1 Å². The lowest BCUT2D eigenvalue weighted by Gasteiger charge is -2.39. The fourth-order valence-corrected chi connectivity index (χ4v) is 4.15. The molecule has 26 heavy (non-hydrogen) atoms. The Kier molecular flexibility index (Phi) is 3.73. The molecule has 0 radical (unpaired) electrons. The summed E-state index contributed by atoms with van der Waals surface area (Å²) >= 11 is 5.15. The number of halogens is 1. The molecule has 0 fully saturated rings. The monoisotopic (exact) mass is 370 g/mol. The number of hydrogen-bond donors (Lipinski definition) is 3. The summed E-state index contributed by atoms with van der Waals surface area (Å²) in [5.41, 5.74) is 9.08. The lowest BCUT2D eigenvalue weighted by atomic mass is 9.69. The van der Waals surface area contributed by atoms with E-state index in [1.807, 2.05) is 0 Å². The molecule has 2 heterocycles. The number of rotatable bonds is 1. The minimum atomic E-state index is -0.398. The molecule has 1 unspecified atom stereocenters. The van der Waals surface area contributed by atoms with Gasteiger partial charge in [0.1, 0.15) is 17.5 Å². The molecule has 4 rings (SSSR count). The summed E-state index contributed by atoms with van der Waals surface area (Å²) in [6, 6.07) is 6.16. The fourth-order valence-electron chi connectivity index (χ4n) is 3.94. The van der Waals surface area contributed by atoms with Crippen LogP contribution in [0.3, 0.4) is 0 Å². The van der Waals surface area contributed by atoms with Gasteiger partial charge < -0.3 is 16.0 Å². The van der Waals surface area contributed by atoms with Crippen LogP contribution in [-0.2, 0) is 4.79 Å². The molecule has 0 spiro atoms. The van der Waals surface area contributed by atoms with Crippen molar-refractivity contribution in [1.29, 1.82) is 0 Å². The molecule has 134 valence electrons. The van der Waals surface area contributed by atoms with Gasteiger partial charge >= 0.3 is 0 Å². The molecule has 1 aliphatic heterocycles. The first kappa shape index (κ1) is 16.9. The molecule has 2 aliphatic rings. The van der Waals surface area contributed by atoms with E-state index in [0.717, 1.165) is 17.7 Å². The SMILES string of the molecule is CC1(C)CC(=O)C2=C(C1)Nc1nc(=S)[nH]c(N)c1C2c1ccc(F)cc1. The van der Waals surface area contributed by atoms with E-state index >= 15 is 0 Å². The summed E-state index contributed by atoms with van der Waals surface area (Å²) in [5.74, 6) is 0.276. The molecule has 0 bridgehead atoms. The van der Waals surface area contributed by atoms with E-state index in [9.17, 15) is 9.18 Å². The molecule has 1 aliphatic carbocycles. The molecule has 5 nitrogen and oxygen atoms in total. The van der Waals surface area contributed by atoms with Gasteiger partial charge in [-0.1, -0.05) is 26.0 Å². The summed E-state index contributed by atoms with van der Waals surface area (Å²) in [7, 11) is 0. The van der Waals surface area contributed by atoms with Crippen molar-refractivity contribution in [3.8, 4) is 0 Å². The number of H-pyrrole nitrogens is 1. The fraction of sp³-hybridized carbons (Fsp3) is 0.316. The second-order valence-electron chi connectivity index (χ2n) is 7.66. The number of carbonyl (C=O) groups is 1. The highest BCUT2D eigenvalue weighted by Crippen LogP contribution is 2.49. The highest BCUT2D eigenvalue weighted by Gasteiger charge is 2.42. The number of aromatic amines is 1. The summed E-state index contributed by atoms with van der Waals surface area (Å²) in [5, 5.41) is 3.28. The number of nitrogens with zero attached hydrogens (tertiary/aromatic N) is 1. The number of Topliss-reactive ketones (excluding diaryl/α,β-unsaturated/α-hetero) is 1. The van der Waals surface area contributed by atoms with Crippen molar-refractivity contribution >= 4 is 29.6 Å². The smallest absolute Gasteiger partial charge is 0.200 e. The van der Waals surface area contributed by atoms with Gasteiger partial charge in [-0.05, 0) is 41.7 Å². The van der Waals surface area contributed by atoms with Crippen LogP contribution in [0.5, 0.6) is 0 Å². The standard InChI is InChI=1S/C19H19FN4OS/c1-19(2)7-11-14(12(25)8-19)13(9-3-5-10(20)6-4-9)15-16(21)23-18(26)24-17(15)22-11/h3-6,13H,7-8H2,1-2H3,(H4,21,22,23,24,26). The predicted molar refractivity (Wildman–Crippen MR) is 101 cm³/mol. The van der Waals surface area contributed by atoms with Gasteiger partial charge in [0.25, 0.3) is 0 Å². The van der Waals surface area contributed by atoms with E-state index in [0.29, 0.717) is 29.2 Å². The number of fused-ring (bicyclic) bond motifs is 1. The first-order valence-corrected chi connectivity index (χ1v) is 8.84. The van der Waals surface area contributed by atoms with Crippen LogP contribution >= 0.6 is 12.2 Å². The Bertz CT molecular complexity index is 1010. The second kappa shape index (κ2) is 5.74. The van der Waals surface area contributed by atoms with Crippen LogP contribution in [0.1, 0.15) is 43.7 Å². The Morgan fingerprint density at radius 2 is 1.96 bits per heavy atom. The molecule has 1 atom stereocenters. The van der Waals surface area contributed by atoms with Gasteiger partial charge in [0, 0.05) is 29.2 Å². The van der Waals surface area contributed by atoms with Crippen LogP contribution in [0.25, 0.3) is 0 Å². The lowest BCUT2D eigenvalue weighted by molar-refractivity contribution is -0.118. The maximum Gasteiger partial charge on any atom is 0.200 e. The van der Waals surface area contributed by atoms with E-state index in [1.165, 1.54) is 12.1 Å². The van der Waals surface area contributed by atoms with Gasteiger partial charge in [-0.3, -0.25) is 4.79 Å². The van der Waals surface area contributed by atoms with Crippen LogP contribution < -0.4 is 11.1 Å². The number of hydrogen-bond acceptors (Lipinski definition) is 5. The summed E-state index contributed by atoms with van der Waals surface area (Å²) < 4.78 is 13.7. The van der Waals surface area contributed by atoms with E-state index in [1.54, 1.807) is 12.1 Å². The van der Waals surface area contributed by atoms with Crippen molar-refractivity contribution in [3.63, 3.8) is 0 Å². The molecule has 7 heteroatoms. The molecule has 0 amide bonds. The predicted octanol–water partition coefficient (Wildman–Crippen LogP) is 4.06. The van der Waals surface area contributed by atoms with Gasteiger partial charge in [-0.15, -0.1) is 0 Å². The maximum absolute atomic E-state index is 13.4. The van der Waals surface area contributed by atoms with Crippen molar-refractivity contribution in [3.05, 3.63) is 57.3 Å². The normalized spacial score (nSPS) is 21.0. The number of carbonyl (C=O) groups excluding carboxylic acids is 1. The van der Waals surface area contributed by atoms with Crippen molar-refractivity contribution in [2.24, 2.45) is 5.41 Å². The average molecular weight is 370 g/mol. The van der Waals surface area contributed by atoms with E-state index in [-0.39, 0.29) is 21.8 Å². The lowest BCUT2D eigenvalue weighted by Crippen LogP contribution is -2.34. The molecule has 4 N–H and O–H groups in total. The zero-order chi connectivity index (χ0) is 18.6. The topological polar surface area (TPSA) is 83.8 Å². The number of anilines is 2. The third-order valence-corrected chi connectivity index (χ3v) is 5.16. The van der Waals surface area contributed by atoms with E-state index in [4.69, 9.17) is 18.0 Å². The van der Waals surface area contributed by atoms with Crippen molar-refractivity contribution in [2.45, 2.75) is 32.6 Å².